The highest BCUT2D eigenvalue weighted by molar-refractivity contribution is 6.31. The molecule has 0 radical (unpaired) electrons. The Kier molecular flexibility index (Phi) is 5.55. The fourth-order valence-electron chi connectivity index (χ4n) is 5.10. The van der Waals surface area contributed by atoms with Crippen molar-refractivity contribution in [1.82, 2.24) is 20.2 Å². The van der Waals surface area contributed by atoms with Crippen molar-refractivity contribution in [2.75, 3.05) is 0 Å². The lowest BCUT2D eigenvalue weighted by Crippen LogP contribution is -2.65. The van der Waals surface area contributed by atoms with E-state index in [1.807, 2.05) is 36.1 Å². The summed E-state index contributed by atoms with van der Waals surface area (Å²) >= 11 is 6.21. The van der Waals surface area contributed by atoms with E-state index in [0.29, 0.717) is 12.1 Å². The Morgan fingerprint density at radius 3 is 2.56 bits per heavy atom. The molecule has 168 valence electrons. The van der Waals surface area contributed by atoms with Crippen LogP contribution in [0.3, 0.4) is 0 Å². The van der Waals surface area contributed by atoms with Gasteiger partial charge in [0.05, 0.1) is 12.5 Å². The van der Waals surface area contributed by atoms with E-state index in [1.165, 1.54) is 17.1 Å². The second kappa shape index (κ2) is 8.37. The van der Waals surface area contributed by atoms with Crippen LogP contribution in [-0.2, 0) is 17.9 Å². The maximum atomic E-state index is 13.5. The third-order valence-electron chi connectivity index (χ3n) is 6.79. The van der Waals surface area contributed by atoms with E-state index in [4.69, 9.17) is 11.6 Å². The number of urea groups is 1. The molecule has 3 aliphatic rings. The molecule has 1 N–H and O–H groups in total. The van der Waals surface area contributed by atoms with E-state index < -0.39 is 12.1 Å². The smallest absolute Gasteiger partial charge is 0.303 e. The van der Waals surface area contributed by atoms with Crippen LogP contribution in [0.15, 0.2) is 42.5 Å². The number of fused-ring (bicyclic) bond motifs is 3. The average molecular weight is 457 g/mol. The number of nitrogens with one attached hydrogen (secondary N) is 1. The summed E-state index contributed by atoms with van der Waals surface area (Å²) in [5, 5.41) is 1.77. The molecular formula is C24H26ClFN4O2. The summed E-state index contributed by atoms with van der Waals surface area (Å²) in [7, 11) is 0. The van der Waals surface area contributed by atoms with Gasteiger partial charge < -0.3 is 4.90 Å². The highest BCUT2D eigenvalue weighted by Gasteiger charge is 2.54. The lowest BCUT2D eigenvalue weighted by atomic mass is 9.81. The molecule has 3 unspecified atom stereocenters. The van der Waals surface area contributed by atoms with E-state index in [0.717, 1.165) is 36.8 Å². The van der Waals surface area contributed by atoms with Gasteiger partial charge in [0, 0.05) is 17.6 Å². The van der Waals surface area contributed by atoms with Crippen molar-refractivity contribution in [3.63, 3.8) is 0 Å². The van der Waals surface area contributed by atoms with Crippen LogP contribution in [0, 0.1) is 18.7 Å². The molecule has 2 aromatic carbocycles. The number of nitrogens with zero attached hydrogens (tertiary/aromatic N) is 3. The van der Waals surface area contributed by atoms with E-state index >= 15 is 0 Å². The van der Waals surface area contributed by atoms with Crippen LogP contribution >= 0.6 is 11.6 Å². The summed E-state index contributed by atoms with van der Waals surface area (Å²) in [4.78, 5) is 30.6. The highest BCUT2D eigenvalue weighted by atomic mass is 35.5. The molecule has 3 amide bonds. The molecule has 5 rings (SSSR count). The van der Waals surface area contributed by atoms with Crippen molar-refractivity contribution >= 4 is 23.5 Å². The van der Waals surface area contributed by atoms with Gasteiger partial charge in [0.2, 0.25) is 5.91 Å². The number of hydrogen-bond acceptors (Lipinski definition) is 3. The number of aryl methyl sites for hydroxylation is 1. The third kappa shape index (κ3) is 3.73. The van der Waals surface area contributed by atoms with Gasteiger partial charge in [0.15, 0.2) is 6.29 Å². The zero-order valence-electron chi connectivity index (χ0n) is 17.9. The van der Waals surface area contributed by atoms with Gasteiger partial charge in [-0.3, -0.25) is 14.7 Å². The zero-order valence-corrected chi connectivity index (χ0v) is 18.7. The number of hydrogen-bond donors (Lipinski definition) is 1. The fourth-order valence-corrected chi connectivity index (χ4v) is 5.32. The molecule has 32 heavy (non-hydrogen) atoms. The topological polar surface area (TPSA) is 55.9 Å². The number of benzene rings is 2. The monoisotopic (exact) mass is 456 g/mol. The SMILES string of the molecule is Cc1ccc(CN2C(=O)C3CCCCC3N3C(=O)N(Cc4ccc(F)cc4Cl)NC23)cc1. The largest absolute Gasteiger partial charge is 0.337 e. The van der Waals surface area contributed by atoms with Crippen LogP contribution in [0.4, 0.5) is 9.18 Å². The van der Waals surface area contributed by atoms with Gasteiger partial charge in [0.25, 0.3) is 0 Å². The second-order valence-electron chi connectivity index (χ2n) is 8.92. The van der Waals surface area contributed by atoms with Gasteiger partial charge >= 0.3 is 6.03 Å². The summed E-state index contributed by atoms with van der Waals surface area (Å²) in [5.41, 5.74) is 6.06. The summed E-state index contributed by atoms with van der Waals surface area (Å²) < 4.78 is 13.5. The minimum Gasteiger partial charge on any atom is -0.303 e. The van der Waals surface area contributed by atoms with E-state index in [2.05, 4.69) is 5.43 Å². The maximum absolute atomic E-state index is 13.5. The number of carbonyl (C=O) groups excluding carboxylic acids is 2. The Labute approximate surface area is 191 Å². The van der Waals surface area contributed by atoms with Crippen molar-refractivity contribution in [2.45, 2.75) is 58.0 Å². The number of hydrazine groups is 1. The summed E-state index contributed by atoms with van der Waals surface area (Å²) in [5.74, 6) is -0.499. The van der Waals surface area contributed by atoms with Crippen LogP contribution in [0.5, 0.6) is 0 Å². The molecule has 1 saturated carbocycles. The van der Waals surface area contributed by atoms with Gasteiger partial charge in [-0.25, -0.2) is 9.18 Å². The Bertz CT molecular complexity index is 1050. The standard InChI is InChI=1S/C24H26ClFN4O2/c1-15-6-8-16(9-7-15)13-28-22(31)19-4-2-3-5-21(19)30-23(28)27-29(24(30)32)14-17-10-11-18(26)12-20(17)25/h6-12,19,21,23,27H,2-5,13-14H2,1H3. The second-order valence-corrected chi connectivity index (χ2v) is 9.33. The van der Waals surface area contributed by atoms with E-state index in [9.17, 15) is 14.0 Å². The lowest BCUT2D eigenvalue weighted by Gasteiger charge is -2.48. The van der Waals surface area contributed by atoms with Gasteiger partial charge in [0.1, 0.15) is 5.82 Å². The van der Waals surface area contributed by atoms with Crippen LogP contribution in [0.25, 0.3) is 0 Å². The van der Waals surface area contributed by atoms with Crippen molar-refractivity contribution in [3.8, 4) is 0 Å². The molecule has 1 aliphatic carbocycles. The predicted molar refractivity (Wildman–Crippen MR) is 119 cm³/mol. The van der Waals surface area contributed by atoms with Crippen LogP contribution in [0.1, 0.15) is 42.4 Å². The van der Waals surface area contributed by atoms with Crippen molar-refractivity contribution in [1.29, 1.82) is 0 Å². The van der Waals surface area contributed by atoms with E-state index in [1.54, 1.807) is 11.0 Å². The van der Waals surface area contributed by atoms with Gasteiger partial charge in [-0.2, -0.15) is 5.43 Å². The summed E-state index contributed by atoms with van der Waals surface area (Å²) in [6.45, 7) is 2.64. The third-order valence-corrected chi connectivity index (χ3v) is 7.14. The van der Waals surface area contributed by atoms with Crippen molar-refractivity contribution in [3.05, 3.63) is 70.0 Å². The molecule has 6 nitrogen and oxygen atoms in total. The number of amides is 3. The molecule has 3 fully saturated rings. The molecule has 0 aromatic heterocycles. The quantitative estimate of drug-likeness (QED) is 0.741. The molecule has 0 spiro atoms. The van der Waals surface area contributed by atoms with E-state index in [-0.39, 0.29) is 35.5 Å². The number of halogens is 2. The van der Waals surface area contributed by atoms with Gasteiger partial charge in [-0.05, 0) is 43.0 Å². The summed E-state index contributed by atoms with van der Waals surface area (Å²) in [6, 6.07) is 12.0. The predicted octanol–water partition coefficient (Wildman–Crippen LogP) is 4.41. The molecule has 0 bridgehead atoms. The molecule has 2 saturated heterocycles. The average Bonchev–Trinajstić information content (AvgIpc) is 3.10. The van der Waals surface area contributed by atoms with Crippen LogP contribution in [0.2, 0.25) is 5.02 Å². The lowest BCUT2D eigenvalue weighted by molar-refractivity contribution is -0.157. The first kappa shape index (κ1) is 21.2. The maximum Gasteiger partial charge on any atom is 0.337 e. The fraction of sp³-hybridized carbons (Fsp3) is 0.417. The van der Waals surface area contributed by atoms with Gasteiger partial charge in [-0.15, -0.1) is 0 Å². The highest BCUT2D eigenvalue weighted by Crippen LogP contribution is 2.39. The first-order valence-electron chi connectivity index (χ1n) is 11.1. The first-order chi connectivity index (χ1) is 15.4. The Morgan fingerprint density at radius 1 is 1.06 bits per heavy atom. The molecule has 2 heterocycles. The Balaban J connectivity index is 1.45. The van der Waals surface area contributed by atoms with Crippen molar-refractivity contribution < 1.29 is 14.0 Å². The van der Waals surface area contributed by atoms with Crippen molar-refractivity contribution in [2.24, 2.45) is 5.92 Å². The molecular weight excluding hydrogens is 431 g/mol. The number of rotatable bonds is 4. The first-order valence-corrected chi connectivity index (χ1v) is 11.5. The van der Waals surface area contributed by atoms with Gasteiger partial charge in [-0.1, -0.05) is 60.3 Å². The molecule has 3 atom stereocenters. The minimum absolute atomic E-state index is 0.0958. The Hall–Kier alpha value is -2.64. The molecule has 2 aliphatic heterocycles. The zero-order chi connectivity index (χ0) is 22.4. The van der Waals surface area contributed by atoms with Crippen LogP contribution < -0.4 is 5.43 Å². The normalized spacial score (nSPS) is 25.2. The minimum atomic E-state index is -0.546. The number of carbonyl (C=O) groups is 2. The van der Waals surface area contributed by atoms with Crippen LogP contribution in [-0.4, -0.2) is 39.1 Å². The summed E-state index contributed by atoms with van der Waals surface area (Å²) in [6.07, 6.45) is 3.08. The Morgan fingerprint density at radius 2 is 1.81 bits per heavy atom. The molecule has 8 heteroatoms. The molecule has 2 aromatic rings.